The number of carboxylic acid groups (broad SMARTS) is 1. The van der Waals surface area contributed by atoms with Crippen molar-refractivity contribution in [1.82, 2.24) is 15.5 Å². The summed E-state index contributed by atoms with van der Waals surface area (Å²) in [4.78, 5) is 12.9. The summed E-state index contributed by atoms with van der Waals surface area (Å²) in [6.45, 7) is 3.29. The summed E-state index contributed by atoms with van der Waals surface area (Å²) in [6.07, 6.45) is 0. The Morgan fingerprint density at radius 3 is 2.75 bits per heavy atom. The number of aromatic carboxylic acids is 1. The molecule has 1 fully saturated rings. The van der Waals surface area contributed by atoms with Crippen LogP contribution in [0.2, 0.25) is 0 Å². The third-order valence-electron chi connectivity index (χ3n) is 2.48. The van der Waals surface area contributed by atoms with Crippen molar-refractivity contribution in [2.24, 2.45) is 0 Å². The summed E-state index contributed by atoms with van der Waals surface area (Å²) < 4.78 is 0. The summed E-state index contributed by atoms with van der Waals surface area (Å²) in [5.41, 5.74) is 5.44. The topological polar surface area (TPSA) is 104 Å². The van der Waals surface area contributed by atoms with Crippen LogP contribution < -0.4 is 16.0 Å². The summed E-state index contributed by atoms with van der Waals surface area (Å²) in [6, 6.07) is 1.47. The van der Waals surface area contributed by atoms with Gasteiger partial charge in [0.1, 0.15) is 5.56 Å². The lowest BCUT2D eigenvalue weighted by Gasteiger charge is -2.28. The number of nitrogens with zero attached hydrogens (tertiary/aromatic N) is 3. The van der Waals surface area contributed by atoms with Gasteiger partial charge in [-0.05, 0) is 0 Å². The molecule has 0 radical (unpaired) electrons. The molecule has 7 heteroatoms. The molecule has 16 heavy (non-hydrogen) atoms. The number of rotatable bonds is 2. The minimum absolute atomic E-state index is 0.00327. The lowest BCUT2D eigenvalue weighted by Crippen LogP contribution is -2.44. The number of nitrogens with one attached hydrogen (secondary N) is 1. The molecule has 0 aliphatic carbocycles. The van der Waals surface area contributed by atoms with E-state index in [1.54, 1.807) is 0 Å². The summed E-state index contributed by atoms with van der Waals surface area (Å²) >= 11 is 0. The third-order valence-corrected chi connectivity index (χ3v) is 2.48. The van der Waals surface area contributed by atoms with Crippen LogP contribution in [0.3, 0.4) is 0 Å². The Balaban J connectivity index is 2.27. The molecule has 0 atom stereocenters. The highest BCUT2D eigenvalue weighted by Gasteiger charge is 2.16. The Morgan fingerprint density at radius 2 is 2.12 bits per heavy atom. The van der Waals surface area contributed by atoms with E-state index in [9.17, 15) is 4.79 Å². The van der Waals surface area contributed by atoms with Crippen molar-refractivity contribution in [1.29, 1.82) is 0 Å². The van der Waals surface area contributed by atoms with Crippen LogP contribution >= 0.6 is 0 Å². The van der Waals surface area contributed by atoms with Gasteiger partial charge >= 0.3 is 5.97 Å². The smallest absolute Gasteiger partial charge is 0.339 e. The molecule has 2 rings (SSSR count). The molecule has 1 aromatic heterocycles. The second-order valence-corrected chi connectivity index (χ2v) is 3.54. The van der Waals surface area contributed by atoms with Gasteiger partial charge in [0, 0.05) is 32.2 Å². The monoisotopic (exact) mass is 223 g/mol. The van der Waals surface area contributed by atoms with E-state index < -0.39 is 5.97 Å². The summed E-state index contributed by atoms with van der Waals surface area (Å²) in [7, 11) is 0. The fourth-order valence-electron chi connectivity index (χ4n) is 1.61. The van der Waals surface area contributed by atoms with Gasteiger partial charge in [0.05, 0.1) is 0 Å². The van der Waals surface area contributed by atoms with E-state index in [2.05, 4.69) is 15.5 Å². The van der Waals surface area contributed by atoms with Crippen molar-refractivity contribution in [3.8, 4) is 0 Å². The second-order valence-electron chi connectivity index (χ2n) is 3.54. The number of nitrogens with two attached hydrogens (primary N) is 1. The fraction of sp³-hybridized carbons (Fsp3) is 0.444. The average molecular weight is 223 g/mol. The number of carbonyl (C=O) groups is 1. The van der Waals surface area contributed by atoms with Gasteiger partial charge in [0.15, 0.2) is 11.6 Å². The normalized spacial score (nSPS) is 16.1. The lowest BCUT2D eigenvalue weighted by atomic mass is 10.2. The Bertz CT molecular complexity index is 403. The van der Waals surface area contributed by atoms with Crippen molar-refractivity contribution in [3.05, 3.63) is 11.6 Å². The second kappa shape index (κ2) is 4.31. The van der Waals surface area contributed by atoms with Crippen LogP contribution in [0.15, 0.2) is 6.07 Å². The first kappa shape index (κ1) is 10.6. The SMILES string of the molecule is Nc1nnc(N2CCNCC2)cc1C(=O)O. The van der Waals surface area contributed by atoms with Crippen molar-refractivity contribution in [3.63, 3.8) is 0 Å². The Labute approximate surface area is 92.3 Å². The molecule has 0 aromatic carbocycles. The van der Waals surface area contributed by atoms with Gasteiger partial charge in [-0.3, -0.25) is 0 Å². The maximum atomic E-state index is 10.9. The van der Waals surface area contributed by atoms with Crippen LogP contribution in [0.5, 0.6) is 0 Å². The Morgan fingerprint density at radius 1 is 1.44 bits per heavy atom. The first-order chi connectivity index (χ1) is 7.68. The maximum absolute atomic E-state index is 10.9. The predicted octanol–water partition coefficient (Wildman–Crippen LogP) is -0.833. The third kappa shape index (κ3) is 2.03. The standard InChI is InChI=1S/C9H13N5O2/c10-8-6(9(15)16)5-7(12-13-8)14-3-1-11-2-4-14/h5,11H,1-4H2,(H2,10,13)(H,15,16). The van der Waals surface area contributed by atoms with Crippen LogP contribution in [0.1, 0.15) is 10.4 Å². The number of aromatic nitrogens is 2. The van der Waals surface area contributed by atoms with Crippen LogP contribution in [-0.2, 0) is 0 Å². The molecule has 0 bridgehead atoms. The molecule has 0 spiro atoms. The molecule has 1 aromatic rings. The first-order valence-electron chi connectivity index (χ1n) is 5.00. The van der Waals surface area contributed by atoms with Gasteiger partial charge in [-0.25, -0.2) is 4.79 Å². The molecule has 86 valence electrons. The van der Waals surface area contributed by atoms with Crippen LogP contribution in [0.4, 0.5) is 11.6 Å². The van der Waals surface area contributed by atoms with Gasteiger partial charge in [-0.1, -0.05) is 0 Å². The zero-order chi connectivity index (χ0) is 11.5. The molecule has 1 aliphatic rings. The number of carboxylic acids is 1. The fourth-order valence-corrected chi connectivity index (χ4v) is 1.61. The molecule has 2 heterocycles. The summed E-state index contributed by atoms with van der Waals surface area (Å²) in [5, 5.41) is 19.7. The van der Waals surface area contributed by atoms with Gasteiger partial charge in [0.2, 0.25) is 0 Å². The number of hydrogen-bond donors (Lipinski definition) is 3. The van der Waals surface area contributed by atoms with Gasteiger partial charge in [-0.2, -0.15) is 0 Å². The quantitative estimate of drug-likeness (QED) is 0.600. The molecule has 4 N–H and O–H groups in total. The van der Waals surface area contributed by atoms with Crippen molar-refractivity contribution >= 4 is 17.6 Å². The van der Waals surface area contributed by atoms with E-state index >= 15 is 0 Å². The van der Waals surface area contributed by atoms with Crippen molar-refractivity contribution < 1.29 is 9.90 Å². The molecule has 0 unspecified atom stereocenters. The predicted molar refractivity (Wildman–Crippen MR) is 58.5 cm³/mol. The van der Waals surface area contributed by atoms with Crippen LogP contribution in [0.25, 0.3) is 0 Å². The molecular weight excluding hydrogens is 210 g/mol. The zero-order valence-corrected chi connectivity index (χ0v) is 8.68. The summed E-state index contributed by atoms with van der Waals surface area (Å²) in [5.74, 6) is -0.566. The highest BCUT2D eigenvalue weighted by molar-refractivity contribution is 5.93. The van der Waals surface area contributed by atoms with Crippen LogP contribution in [-0.4, -0.2) is 47.5 Å². The minimum atomic E-state index is -1.08. The molecule has 1 aliphatic heterocycles. The van der Waals surface area contributed by atoms with Gasteiger partial charge < -0.3 is 21.1 Å². The van der Waals surface area contributed by atoms with Gasteiger partial charge in [-0.15, -0.1) is 10.2 Å². The van der Waals surface area contributed by atoms with E-state index in [0.717, 1.165) is 26.2 Å². The van der Waals surface area contributed by atoms with E-state index in [1.807, 2.05) is 4.90 Å². The van der Waals surface area contributed by atoms with Crippen molar-refractivity contribution in [2.45, 2.75) is 0 Å². The average Bonchev–Trinajstić information content (AvgIpc) is 2.30. The maximum Gasteiger partial charge on any atom is 0.339 e. The lowest BCUT2D eigenvalue weighted by molar-refractivity contribution is 0.0697. The number of piperazine rings is 1. The first-order valence-corrected chi connectivity index (χ1v) is 5.00. The van der Waals surface area contributed by atoms with E-state index in [-0.39, 0.29) is 11.4 Å². The molecule has 0 saturated carbocycles. The number of nitrogen functional groups attached to an aromatic ring is 1. The van der Waals surface area contributed by atoms with E-state index in [1.165, 1.54) is 6.07 Å². The molecular formula is C9H13N5O2. The van der Waals surface area contributed by atoms with Crippen molar-refractivity contribution in [2.75, 3.05) is 36.8 Å². The zero-order valence-electron chi connectivity index (χ0n) is 8.68. The molecule has 0 amide bonds. The highest BCUT2D eigenvalue weighted by atomic mass is 16.4. The number of hydrogen-bond acceptors (Lipinski definition) is 6. The minimum Gasteiger partial charge on any atom is -0.478 e. The van der Waals surface area contributed by atoms with Gasteiger partial charge in [0.25, 0.3) is 0 Å². The molecule has 1 saturated heterocycles. The highest BCUT2D eigenvalue weighted by Crippen LogP contribution is 2.16. The van der Waals surface area contributed by atoms with E-state index in [0.29, 0.717) is 5.82 Å². The largest absolute Gasteiger partial charge is 0.478 e. The Hall–Kier alpha value is -1.89. The number of anilines is 2. The molecule has 7 nitrogen and oxygen atoms in total. The van der Waals surface area contributed by atoms with E-state index in [4.69, 9.17) is 10.8 Å². The Kier molecular flexibility index (Phi) is 2.86. The van der Waals surface area contributed by atoms with Crippen LogP contribution in [0, 0.1) is 0 Å².